The van der Waals surface area contributed by atoms with Crippen LogP contribution in [0.4, 0.5) is 11.5 Å². The first-order valence-electron chi connectivity index (χ1n) is 11.1. The summed E-state index contributed by atoms with van der Waals surface area (Å²) in [6.45, 7) is 10.5. The fourth-order valence-corrected chi connectivity index (χ4v) is 3.73. The lowest BCUT2D eigenvalue weighted by molar-refractivity contribution is 0.102. The number of amides is 1. The summed E-state index contributed by atoms with van der Waals surface area (Å²) in [6, 6.07) is 19.5. The van der Waals surface area contributed by atoms with Crippen molar-refractivity contribution in [3.63, 3.8) is 0 Å². The molecule has 0 saturated carbocycles. The topological polar surface area (TPSA) is 61.4 Å². The molecule has 0 spiro atoms. The van der Waals surface area contributed by atoms with Gasteiger partial charge in [-0.3, -0.25) is 4.79 Å². The zero-order valence-corrected chi connectivity index (χ0v) is 19.3. The Morgan fingerprint density at radius 2 is 1.50 bits per heavy atom. The van der Waals surface area contributed by atoms with Crippen molar-refractivity contribution in [1.82, 2.24) is 15.1 Å². The summed E-state index contributed by atoms with van der Waals surface area (Å²) in [6.07, 6.45) is 0. The highest BCUT2D eigenvalue weighted by Gasteiger charge is 2.16. The highest BCUT2D eigenvalue weighted by Crippen LogP contribution is 2.24. The monoisotopic (exact) mass is 429 g/mol. The van der Waals surface area contributed by atoms with Crippen LogP contribution in [0.3, 0.4) is 0 Å². The Morgan fingerprint density at radius 1 is 0.844 bits per heavy atom. The number of nitrogens with zero attached hydrogens (tertiary/aromatic N) is 4. The van der Waals surface area contributed by atoms with E-state index in [-0.39, 0.29) is 11.3 Å². The lowest BCUT2D eigenvalue weighted by atomic mass is 9.87. The molecule has 32 heavy (non-hydrogen) atoms. The van der Waals surface area contributed by atoms with E-state index in [2.05, 4.69) is 53.1 Å². The van der Waals surface area contributed by atoms with Crippen LogP contribution >= 0.6 is 0 Å². The van der Waals surface area contributed by atoms with Crippen LogP contribution in [0.15, 0.2) is 60.7 Å². The van der Waals surface area contributed by atoms with Crippen molar-refractivity contribution in [3.05, 3.63) is 71.8 Å². The fourth-order valence-electron chi connectivity index (χ4n) is 3.73. The highest BCUT2D eigenvalue weighted by atomic mass is 16.1. The number of aromatic nitrogens is 2. The van der Waals surface area contributed by atoms with E-state index in [4.69, 9.17) is 0 Å². The van der Waals surface area contributed by atoms with Gasteiger partial charge in [-0.05, 0) is 54.4 Å². The molecule has 2 heterocycles. The highest BCUT2D eigenvalue weighted by molar-refractivity contribution is 6.04. The summed E-state index contributed by atoms with van der Waals surface area (Å²) in [4.78, 5) is 17.2. The summed E-state index contributed by atoms with van der Waals surface area (Å²) < 4.78 is 0. The molecule has 0 aliphatic carbocycles. The van der Waals surface area contributed by atoms with Crippen molar-refractivity contribution in [2.24, 2.45) is 0 Å². The lowest BCUT2D eigenvalue weighted by Crippen LogP contribution is -2.44. The standard InChI is InChI=1S/C26H31N5O/c1-26(2,3)21-9-5-20(6-10-21)25(32)27-22-11-7-19(8-12-22)23-13-14-24(29-28-23)31-17-15-30(4)16-18-31/h5-14H,15-18H2,1-4H3,(H,27,32). The van der Waals surface area contributed by atoms with E-state index in [1.807, 2.05) is 60.7 Å². The number of piperazine rings is 1. The van der Waals surface area contributed by atoms with Crippen molar-refractivity contribution in [2.75, 3.05) is 43.4 Å². The van der Waals surface area contributed by atoms with Crippen molar-refractivity contribution in [2.45, 2.75) is 26.2 Å². The molecule has 1 fully saturated rings. The van der Waals surface area contributed by atoms with Gasteiger partial charge in [0.05, 0.1) is 5.69 Å². The minimum Gasteiger partial charge on any atom is -0.353 e. The minimum absolute atomic E-state index is 0.0659. The Labute approximate surface area is 190 Å². The van der Waals surface area contributed by atoms with Crippen LogP contribution < -0.4 is 10.2 Å². The van der Waals surface area contributed by atoms with Crippen LogP contribution in [-0.4, -0.2) is 54.2 Å². The SMILES string of the molecule is CN1CCN(c2ccc(-c3ccc(NC(=O)c4ccc(C(C)(C)C)cc4)cc3)nn2)CC1. The molecule has 0 radical (unpaired) electrons. The van der Waals surface area contributed by atoms with Crippen molar-refractivity contribution < 1.29 is 4.79 Å². The molecule has 1 aliphatic heterocycles. The predicted octanol–water partition coefficient (Wildman–Crippen LogP) is 4.45. The predicted molar refractivity (Wildman–Crippen MR) is 130 cm³/mol. The number of nitrogens with one attached hydrogen (secondary N) is 1. The molecule has 1 aliphatic rings. The number of carbonyl (C=O) groups is 1. The van der Waals surface area contributed by atoms with Gasteiger partial charge in [-0.1, -0.05) is 45.0 Å². The van der Waals surface area contributed by atoms with Crippen LogP contribution in [-0.2, 0) is 5.41 Å². The van der Waals surface area contributed by atoms with Crippen LogP contribution in [0.2, 0.25) is 0 Å². The number of hydrogen-bond acceptors (Lipinski definition) is 5. The van der Waals surface area contributed by atoms with E-state index < -0.39 is 0 Å². The average Bonchev–Trinajstić information content (AvgIpc) is 2.80. The molecule has 0 bridgehead atoms. The van der Waals surface area contributed by atoms with Crippen LogP contribution in [0, 0.1) is 0 Å². The van der Waals surface area contributed by atoms with Gasteiger partial charge in [0.15, 0.2) is 5.82 Å². The third kappa shape index (κ3) is 5.14. The van der Waals surface area contributed by atoms with Crippen LogP contribution in [0.25, 0.3) is 11.3 Å². The molecule has 0 unspecified atom stereocenters. The van der Waals surface area contributed by atoms with Crippen LogP contribution in [0.1, 0.15) is 36.7 Å². The third-order valence-electron chi connectivity index (χ3n) is 5.93. The van der Waals surface area contributed by atoms with Gasteiger partial charge >= 0.3 is 0 Å². The number of rotatable bonds is 4. The maximum atomic E-state index is 12.6. The Kier molecular flexibility index (Phi) is 6.24. The molecule has 6 nitrogen and oxygen atoms in total. The van der Waals surface area contributed by atoms with Crippen molar-refractivity contribution >= 4 is 17.4 Å². The van der Waals surface area contributed by atoms with E-state index >= 15 is 0 Å². The molecule has 1 amide bonds. The first-order valence-corrected chi connectivity index (χ1v) is 11.1. The molecule has 2 aromatic carbocycles. The third-order valence-corrected chi connectivity index (χ3v) is 5.93. The summed E-state index contributed by atoms with van der Waals surface area (Å²) in [5.74, 6) is 0.803. The molecular formula is C26H31N5O. The number of carbonyl (C=O) groups excluding carboxylic acids is 1. The van der Waals surface area contributed by atoms with Gasteiger partial charge < -0.3 is 15.1 Å². The van der Waals surface area contributed by atoms with Gasteiger partial charge in [0, 0.05) is 43.0 Å². The summed E-state index contributed by atoms with van der Waals surface area (Å²) >= 11 is 0. The normalized spacial score (nSPS) is 14.9. The Hall–Kier alpha value is -3.25. The first-order chi connectivity index (χ1) is 15.3. The fraction of sp³-hybridized carbons (Fsp3) is 0.346. The molecule has 1 saturated heterocycles. The minimum atomic E-state index is -0.116. The number of hydrogen-bond donors (Lipinski definition) is 1. The molecular weight excluding hydrogens is 398 g/mol. The Bertz CT molecular complexity index is 1050. The molecule has 1 aromatic heterocycles. The van der Waals surface area contributed by atoms with E-state index in [0.29, 0.717) is 5.56 Å². The second kappa shape index (κ2) is 9.09. The Morgan fingerprint density at radius 3 is 2.06 bits per heavy atom. The van der Waals surface area contributed by atoms with Gasteiger partial charge in [0.1, 0.15) is 0 Å². The second-order valence-electron chi connectivity index (χ2n) is 9.43. The molecule has 166 valence electrons. The van der Waals surface area contributed by atoms with Gasteiger partial charge in [0.25, 0.3) is 5.91 Å². The van der Waals surface area contributed by atoms with Crippen LogP contribution in [0.5, 0.6) is 0 Å². The molecule has 6 heteroatoms. The smallest absolute Gasteiger partial charge is 0.255 e. The Balaban J connectivity index is 1.39. The molecule has 1 N–H and O–H groups in total. The molecule has 3 aromatic rings. The molecule has 0 atom stereocenters. The van der Waals surface area contributed by atoms with Crippen molar-refractivity contribution in [1.29, 1.82) is 0 Å². The van der Waals surface area contributed by atoms with E-state index in [0.717, 1.165) is 48.9 Å². The van der Waals surface area contributed by atoms with Gasteiger partial charge in [-0.25, -0.2) is 0 Å². The maximum absolute atomic E-state index is 12.6. The first kappa shape index (κ1) is 22.0. The number of anilines is 2. The number of likely N-dealkylation sites (N-methyl/N-ethyl adjacent to an activating group) is 1. The maximum Gasteiger partial charge on any atom is 0.255 e. The van der Waals surface area contributed by atoms with Crippen molar-refractivity contribution in [3.8, 4) is 11.3 Å². The molecule has 4 rings (SSSR count). The van der Waals surface area contributed by atoms with Gasteiger partial charge in [0.2, 0.25) is 0 Å². The van der Waals surface area contributed by atoms with Gasteiger partial charge in [-0.15, -0.1) is 10.2 Å². The number of benzene rings is 2. The van der Waals surface area contributed by atoms with E-state index in [1.165, 1.54) is 5.56 Å². The average molecular weight is 430 g/mol. The largest absolute Gasteiger partial charge is 0.353 e. The zero-order chi connectivity index (χ0) is 22.7. The van der Waals surface area contributed by atoms with E-state index in [9.17, 15) is 4.79 Å². The summed E-state index contributed by atoms with van der Waals surface area (Å²) in [5.41, 5.74) is 4.45. The quantitative estimate of drug-likeness (QED) is 0.664. The summed E-state index contributed by atoms with van der Waals surface area (Å²) in [7, 11) is 2.14. The van der Waals surface area contributed by atoms with Gasteiger partial charge in [-0.2, -0.15) is 0 Å². The second-order valence-corrected chi connectivity index (χ2v) is 9.43. The summed E-state index contributed by atoms with van der Waals surface area (Å²) in [5, 5.41) is 11.8. The zero-order valence-electron chi connectivity index (χ0n) is 19.3. The lowest BCUT2D eigenvalue weighted by Gasteiger charge is -2.32. The van der Waals surface area contributed by atoms with E-state index in [1.54, 1.807) is 0 Å².